The molecule has 3 nitrogen and oxygen atoms in total. The summed E-state index contributed by atoms with van der Waals surface area (Å²) < 4.78 is 5.13. The number of thiophene rings is 1. The topological polar surface area (TPSA) is 20.5 Å². The number of nitrogens with zero attached hydrogens (tertiary/aromatic N) is 3. The molecule has 0 radical (unpaired) electrons. The maximum atomic E-state index is 4.39. The highest BCUT2D eigenvalue weighted by Gasteiger charge is 2.23. The molecule has 1 aliphatic rings. The normalized spacial score (nSPS) is 13.8. The molecule has 0 fully saturated rings. The molecule has 44 heavy (non-hydrogen) atoms. The molecule has 8 aromatic rings. The number of rotatable bonds is 4. The summed E-state index contributed by atoms with van der Waals surface area (Å²) in [6.45, 7) is 4.70. The van der Waals surface area contributed by atoms with E-state index >= 15 is 0 Å². The Morgan fingerprint density at radius 2 is 1.45 bits per heavy atom. The fourth-order valence-electron chi connectivity index (χ4n) is 6.92. The van der Waals surface area contributed by atoms with Crippen molar-refractivity contribution in [3.8, 4) is 5.69 Å². The molecule has 6 aromatic carbocycles. The third-order valence-corrected chi connectivity index (χ3v) is 10.1. The fourth-order valence-corrected chi connectivity index (χ4v) is 8.16. The van der Waals surface area contributed by atoms with Gasteiger partial charge in [-0.25, -0.2) is 0 Å². The van der Waals surface area contributed by atoms with Gasteiger partial charge < -0.3 is 9.47 Å². The van der Waals surface area contributed by atoms with Crippen molar-refractivity contribution in [3.05, 3.63) is 145 Å². The number of benzene rings is 6. The van der Waals surface area contributed by atoms with Crippen LogP contribution in [0.3, 0.4) is 0 Å². The van der Waals surface area contributed by atoms with Gasteiger partial charge in [0.25, 0.3) is 0 Å². The van der Waals surface area contributed by atoms with E-state index in [1.54, 1.807) is 0 Å². The van der Waals surface area contributed by atoms with Gasteiger partial charge in [-0.05, 0) is 53.2 Å². The molecular weight excluding hydrogens is 555 g/mol. The Morgan fingerprint density at radius 3 is 2.25 bits per heavy atom. The average Bonchev–Trinajstić information content (AvgIpc) is 3.65. The Morgan fingerprint density at radius 1 is 0.705 bits per heavy atom. The van der Waals surface area contributed by atoms with Gasteiger partial charge in [0.15, 0.2) is 0 Å². The predicted molar refractivity (Wildman–Crippen MR) is 191 cm³/mol. The molecule has 4 heteroatoms. The highest BCUT2D eigenvalue weighted by atomic mass is 32.1. The lowest BCUT2D eigenvalue weighted by atomic mass is 9.97. The number of aromatic nitrogens is 1. The second kappa shape index (κ2) is 9.80. The van der Waals surface area contributed by atoms with Crippen molar-refractivity contribution in [2.24, 2.45) is 4.99 Å². The maximum absolute atomic E-state index is 4.39. The SMILES string of the molecule is C=N/C(=C\N1C=CC=CC1)c1ccc(-n2c3ccc4ccccc4c3c3c4ccccc4c4sc5ccccc5c4c32)cc1. The summed E-state index contributed by atoms with van der Waals surface area (Å²) in [6.07, 6.45) is 10.3. The minimum Gasteiger partial charge on any atom is -0.348 e. The van der Waals surface area contributed by atoms with Crippen LogP contribution >= 0.6 is 11.3 Å². The van der Waals surface area contributed by atoms with Crippen LogP contribution in [-0.2, 0) is 0 Å². The van der Waals surface area contributed by atoms with Gasteiger partial charge in [0, 0.05) is 66.5 Å². The first-order valence-corrected chi connectivity index (χ1v) is 15.7. The molecule has 0 spiro atoms. The second-order valence-corrected chi connectivity index (χ2v) is 12.3. The lowest BCUT2D eigenvalue weighted by molar-refractivity contribution is 0.561. The highest BCUT2D eigenvalue weighted by molar-refractivity contribution is 7.27. The van der Waals surface area contributed by atoms with E-state index in [0.29, 0.717) is 0 Å². The first kappa shape index (κ1) is 25.1. The van der Waals surface area contributed by atoms with E-state index < -0.39 is 0 Å². The average molecular weight is 582 g/mol. The largest absolute Gasteiger partial charge is 0.348 e. The molecule has 1 aliphatic heterocycles. The number of hydrogen-bond acceptors (Lipinski definition) is 3. The Labute approximate surface area is 258 Å². The van der Waals surface area contributed by atoms with E-state index in [1.807, 2.05) is 17.4 Å². The molecule has 0 N–H and O–H groups in total. The molecule has 0 bridgehead atoms. The lowest BCUT2D eigenvalue weighted by Gasteiger charge is -2.17. The number of hydrogen-bond donors (Lipinski definition) is 0. The van der Waals surface area contributed by atoms with Crippen molar-refractivity contribution in [3.63, 3.8) is 0 Å². The van der Waals surface area contributed by atoms with E-state index in [4.69, 9.17) is 0 Å². The maximum Gasteiger partial charge on any atom is 0.0856 e. The smallest absolute Gasteiger partial charge is 0.0856 e. The zero-order valence-electron chi connectivity index (χ0n) is 23.9. The summed E-state index contributed by atoms with van der Waals surface area (Å²) in [7, 11) is 0. The molecule has 3 heterocycles. The molecule has 0 saturated heterocycles. The van der Waals surface area contributed by atoms with E-state index in [0.717, 1.165) is 23.5 Å². The highest BCUT2D eigenvalue weighted by Crippen LogP contribution is 2.49. The minimum absolute atomic E-state index is 0.821. The summed E-state index contributed by atoms with van der Waals surface area (Å²) >= 11 is 1.89. The quantitative estimate of drug-likeness (QED) is 0.189. The molecule has 0 unspecified atom stereocenters. The Kier molecular flexibility index (Phi) is 5.59. The molecule has 2 aromatic heterocycles. The third-order valence-electron chi connectivity index (χ3n) is 8.85. The lowest BCUT2D eigenvalue weighted by Crippen LogP contribution is -2.11. The molecule has 0 amide bonds. The van der Waals surface area contributed by atoms with Crippen molar-refractivity contribution >= 4 is 87.3 Å². The number of aliphatic imine (C=N–C) groups is 1. The Hall–Kier alpha value is -5.45. The van der Waals surface area contributed by atoms with Gasteiger partial charge in [0.1, 0.15) is 0 Å². The van der Waals surface area contributed by atoms with Crippen LogP contribution in [0.25, 0.3) is 74.9 Å². The predicted octanol–water partition coefficient (Wildman–Crippen LogP) is 10.8. The van der Waals surface area contributed by atoms with Crippen molar-refractivity contribution in [1.29, 1.82) is 0 Å². The number of fused-ring (bicyclic) bond motifs is 12. The summed E-state index contributed by atoms with van der Waals surface area (Å²) in [4.78, 5) is 6.51. The molecule has 9 rings (SSSR count). The van der Waals surface area contributed by atoms with Gasteiger partial charge in [-0.3, -0.25) is 4.99 Å². The standard InChI is InChI=1S/C40H27N3S/c1-41-33(25-42-23-9-2-10-24-42)27-17-20-28(21-18-27)43-34-22-19-26-11-3-4-12-29(26)36(34)37-30-13-5-6-14-31(30)40-38(39(37)43)32-15-7-8-16-35(32)44-40/h2-23,25H,1,24H2/b33-25-. The van der Waals surface area contributed by atoms with Gasteiger partial charge in [-0.1, -0.05) is 97.1 Å². The molecular formula is C40H27N3S. The van der Waals surface area contributed by atoms with Crippen LogP contribution in [0, 0.1) is 0 Å². The van der Waals surface area contributed by atoms with Crippen LogP contribution < -0.4 is 0 Å². The van der Waals surface area contributed by atoms with E-state index in [1.165, 1.54) is 63.5 Å². The second-order valence-electron chi connectivity index (χ2n) is 11.3. The molecule has 0 atom stereocenters. The van der Waals surface area contributed by atoms with Crippen LogP contribution in [0.5, 0.6) is 0 Å². The minimum atomic E-state index is 0.821. The van der Waals surface area contributed by atoms with Gasteiger partial charge in [0.2, 0.25) is 0 Å². The Bertz CT molecular complexity index is 2540. The van der Waals surface area contributed by atoms with Gasteiger partial charge in [-0.2, -0.15) is 0 Å². The monoisotopic (exact) mass is 581 g/mol. The van der Waals surface area contributed by atoms with Gasteiger partial charge >= 0.3 is 0 Å². The van der Waals surface area contributed by atoms with Crippen LogP contribution in [0.4, 0.5) is 0 Å². The number of allylic oxidation sites excluding steroid dienone is 2. The Balaban J connectivity index is 1.41. The summed E-state index contributed by atoms with van der Waals surface area (Å²) in [6, 6.07) is 39.9. The first-order chi connectivity index (χ1) is 21.8. The van der Waals surface area contributed by atoms with E-state index in [-0.39, 0.29) is 0 Å². The molecule has 208 valence electrons. The van der Waals surface area contributed by atoms with E-state index in [2.05, 4.69) is 155 Å². The van der Waals surface area contributed by atoms with Gasteiger partial charge in [-0.15, -0.1) is 11.3 Å². The van der Waals surface area contributed by atoms with Crippen molar-refractivity contribution < 1.29 is 0 Å². The zero-order chi connectivity index (χ0) is 29.2. The van der Waals surface area contributed by atoms with E-state index in [9.17, 15) is 0 Å². The van der Waals surface area contributed by atoms with Gasteiger partial charge in [0.05, 0.1) is 16.7 Å². The summed E-state index contributed by atoms with van der Waals surface area (Å²) in [5, 5.41) is 10.4. The summed E-state index contributed by atoms with van der Waals surface area (Å²) in [5.41, 5.74) is 5.48. The third kappa shape index (κ3) is 3.65. The molecule has 0 saturated carbocycles. The first-order valence-electron chi connectivity index (χ1n) is 14.9. The van der Waals surface area contributed by atoms with Crippen molar-refractivity contribution in [1.82, 2.24) is 9.47 Å². The fraction of sp³-hybridized carbons (Fsp3) is 0.0250. The summed E-state index contributed by atoms with van der Waals surface area (Å²) in [5.74, 6) is 0. The van der Waals surface area contributed by atoms with Crippen molar-refractivity contribution in [2.75, 3.05) is 6.54 Å². The van der Waals surface area contributed by atoms with Crippen LogP contribution in [0.1, 0.15) is 5.56 Å². The van der Waals surface area contributed by atoms with Crippen LogP contribution in [-0.4, -0.2) is 22.7 Å². The zero-order valence-corrected chi connectivity index (χ0v) is 24.8. The molecule has 0 aliphatic carbocycles. The van der Waals surface area contributed by atoms with Crippen molar-refractivity contribution in [2.45, 2.75) is 0 Å². The van der Waals surface area contributed by atoms with Crippen LogP contribution in [0.2, 0.25) is 0 Å². The van der Waals surface area contributed by atoms with Crippen LogP contribution in [0.15, 0.2) is 145 Å².